The minimum Gasteiger partial charge on any atom is -0.379 e. The average Bonchev–Trinajstić information content (AvgIpc) is 4.04. The van der Waals surface area contributed by atoms with Gasteiger partial charge in [0.15, 0.2) is 29.5 Å². The maximum Gasteiger partial charge on any atom is 0.250 e. The van der Waals surface area contributed by atoms with Crippen LogP contribution in [-0.2, 0) is 97.2 Å². The molecule has 22 nitrogen and oxygen atoms in total. The number of ether oxygens (including phenoxy) is 11. The van der Waals surface area contributed by atoms with Gasteiger partial charge in [0, 0.05) is 35.9 Å². The van der Waals surface area contributed by atoms with E-state index in [-0.39, 0.29) is 61.4 Å². The Bertz CT molecular complexity index is 2350. The maximum absolute atomic E-state index is 13.1. The van der Waals surface area contributed by atoms with Crippen LogP contribution >= 0.6 is 22.7 Å². The number of sulfone groups is 3. The van der Waals surface area contributed by atoms with Crippen LogP contribution in [0.2, 0.25) is 0 Å². The SMILES string of the molecule is CCN[C@H]1C[C@H](C)S(=O)(=O)c2sc(S(=O)(=O)NCCOCCOCCOCCOCCOCCOCCOCCOCCOCCOCCOCCCS(=O)(=O)c3cc4c(s3)S(=O)(=O)[C@@H](C)C[C@]4(C)NCC)cc21. The minimum absolute atomic E-state index is 0.0262. The summed E-state index contributed by atoms with van der Waals surface area (Å²) < 4.78 is 167. The lowest BCUT2D eigenvalue weighted by Crippen LogP contribution is -2.46. The molecule has 0 amide bonds. The van der Waals surface area contributed by atoms with Gasteiger partial charge < -0.3 is 62.7 Å². The topological polar surface area (TPSA) is 274 Å². The third-order valence-corrected chi connectivity index (χ3v) is 23.8. The summed E-state index contributed by atoms with van der Waals surface area (Å²) in [5.41, 5.74) is 0.442. The van der Waals surface area contributed by atoms with Crippen molar-refractivity contribution in [3.8, 4) is 0 Å². The van der Waals surface area contributed by atoms with E-state index in [9.17, 15) is 33.7 Å². The van der Waals surface area contributed by atoms with E-state index in [4.69, 9.17) is 52.1 Å². The lowest BCUT2D eigenvalue weighted by atomic mass is 9.89. The minimum atomic E-state index is -3.90. The van der Waals surface area contributed by atoms with Crippen molar-refractivity contribution in [1.29, 1.82) is 0 Å². The molecule has 0 bridgehead atoms. The van der Waals surface area contributed by atoms with E-state index in [1.807, 2.05) is 20.8 Å². The molecule has 74 heavy (non-hydrogen) atoms. The molecule has 430 valence electrons. The van der Waals surface area contributed by atoms with Crippen molar-refractivity contribution in [2.24, 2.45) is 0 Å². The standard InChI is InChI=1S/C46H81N3O19S6/c1-6-47-41-33-37(3)72(52,53)44-39(41)34-43(70-44)74(56,57)49-9-11-59-13-15-61-17-19-63-21-23-65-25-27-67-29-31-68-30-28-66-26-24-64-22-20-62-18-16-60-14-12-58-10-8-32-71(50,51)42-35-40-45(69-42)73(54,55)38(4)36-46(40,5)48-7-2/h34-35,37-38,41,47-49H,6-33,36H2,1-5H3/t37-,38-,41-,46-/m0/s1. The fraction of sp³-hybridized carbons (Fsp3) is 0.826. The molecular formula is C46H81N3O19S6. The molecule has 0 spiro atoms. The zero-order chi connectivity index (χ0) is 53.9. The molecule has 0 fully saturated rings. The first-order chi connectivity index (χ1) is 35.4. The van der Waals surface area contributed by atoms with Crippen LogP contribution in [0.3, 0.4) is 0 Å². The molecule has 2 aromatic rings. The zero-order valence-electron chi connectivity index (χ0n) is 43.6. The second-order valence-corrected chi connectivity index (χ2v) is 29.1. The van der Waals surface area contributed by atoms with Gasteiger partial charge in [-0.2, -0.15) is 0 Å². The van der Waals surface area contributed by atoms with Gasteiger partial charge in [0.05, 0.1) is 155 Å². The molecule has 4 rings (SSSR count). The quantitative estimate of drug-likeness (QED) is 0.0805. The second-order valence-electron chi connectivity index (χ2n) is 17.5. The molecule has 0 saturated carbocycles. The van der Waals surface area contributed by atoms with Crippen LogP contribution in [-0.4, -0.2) is 215 Å². The van der Waals surface area contributed by atoms with E-state index >= 15 is 0 Å². The molecule has 3 N–H and O–H groups in total. The Morgan fingerprint density at radius 3 is 1.39 bits per heavy atom. The molecule has 0 saturated heterocycles. The third kappa shape index (κ3) is 21.4. The van der Waals surface area contributed by atoms with Crippen LogP contribution in [0.4, 0.5) is 0 Å². The molecular weight excluding hydrogens is 1090 g/mol. The summed E-state index contributed by atoms with van der Waals surface area (Å²) in [5, 5.41) is 5.41. The number of hydrogen-bond acceptors (Lipinski definition) is 23. The highest BCUT2D eigenvalue weighted by Crippen LogP contribution is 2.46. The van der Waals surface area contributed by atoms with Gasteiger partial charge in [-0.25, -0.2) is 38.4 Å². The predicted octanol–water partition coefficient (Wildman–Crippen LogP) is 2.74. The highest BCUT2D eigenvalue weighted by Gasteiger charge is 2.45. The monoisotopic (exact) mass is 1170 g/mol. The van der Waals surface area contributed by atoms with Crippen LogP contribution in [0.15, 0.2) is 29.0 Å². The molecule has 28 heteroatoms. The van der Waals surface area contributed by atoms with Gasteiger partial charge in [-0.1, -0.05) is 13.8 Å². The lowest BCUT2D eigenvalue weighted by Gasteiger charge is -2.37. The van der Waals surface area contributed by atoms with Gasteiger partial charge in [0.1, 0.15) is 16.8 Å². The fourth-order valence-electron chi connectivity index (χ4n) is 7.88. The Labute approximate surface area is 447 Å². The number of nitrogens with one attached hydrogen (secondary N) is 3. The first kappa shape index (κ1) is 65.2. The molecule has 0 unspecified atom stereocenters. The molecule has 4 atom stereocenters. The van der Waals surface area contributed by atoms with Gasteiger partial charge in [0.2, 0.25) is 10.0 Å². The van der Waals surface area contributed by atoms with Crippen molar-refractivity contribution >= 4 is 62.2 Å². The summed E-state index contributed by atoms with van der Waals surface area (Å²) in [7, 11) is -14.7. The number of rotatable bonds is 44. The summed E-state index contributed by atoms with van der Waals surface area (Å²) >= 11 is 1.64. The van der Waals surface area contributed by atoms with Crippen LogP contribution in [0.5, 0.6) is 0 Å². The van der Waals surface area contributed by atoms with E-state index < -0.39 is 55.6 Å². The smallest absolute Gasteiger partial charge is 0.250 e. The Morgan fingerprint density at radius 1 is 0.554 bits per heavy atom. The molecule has 4 heterocycles. The largest absolute Gasteiger partial charge is 0.379 e. The van der Waals surface area contributed by atoms with Crippen molar-refractivity contribution in [3.05, 3.63) is 23.3 Å². The van der Waals surface area contributed by atoms with E-state index in [1.165, 1.54) is 12.1 Å². The van der Waals surface area contributed by atoms with Crippen LogP contribution in [0, 0.1) is 0 Å². The summed E-state index contributed by atoms with van der Waals surface area (Å²) in [4.78, 5) is 0. The van der Waals surface area contributed by atoms with Crippen LogP contribution < -0.4 is 15.4 Å². The maximum atomic E-state index is 13.1. The van der Waals surface area contributed by atoms with E-state index in [0.29, 0.717) is 163 Å². The van der Waals surface area contributed by atoms with Gasteiger partial charge in [0.25, 0.3) is 0 Å². The van der Waals surface area contributed by atoms with Gasteiger partial charge in [-0.15, -0.1) is 22.7 Å². The first-order valence-electron chi connectivity index (χ1n) is 25.2. The van der Waals surface area contributed by atoms with Crippen molar-refractivity contribution in [2.75, 3.05) is 171 Å². The normalized spacial score (nSPS) is 20.5. The molecule has 0 aromatic carbocycles. The lowest BCUT2D eigenvalue weighted by molar-refractivity contribution is -0.0274. The molecule has 2 aliphatic heterocycles. The summed E-state index contributed by atoms with van der Waals surface area (Å²) in [6.45, 7) is 18.6. The predicted molar refractivity (Wildman–Crippen MR) is 279 cm³/mol. The Balaban J connectivity index is 0.821. The average molecular weight is 1170 g/mol. The van der Waals surface area contributed by atoms with Gasteiger partial charge in [-0.3, -0.25) is 0 Å². The summed E-state index contributed by atoms with van der Waals surface area (Å²) in [6, 6.07) is 2.79. The highest BCUT2D eigenvalue weighted by atomic mass is 32.3. The summed E-state index contributed by atoms with van der Waals surface area (Å²) in [5.74, 6) is -0.142. The number of hydrogen-bond donors (Lipinski definition) is 3. The van der Waals surface area contributed by atoms with E-state index in [0.717, 1.165) is 22.7 Å². The van der Waals surface area contributed by atoms with E-state index in [2.05, 4.69) is 15.4 Å². The van der Waals surface area contributed by atoms with Crippen LogP contribution in [0.1, 0.15) is 71.0 Å². The Kier molecular flexibility index (Phi) is 29.9. The highest BCUT2D eigenvalue weighted by molar-refractivity contribution is 7.96. The fourth-order valence-corrected chi connectivity index (χ4v) is 18.6. The first-order valence-corrected chi connectivity index (χ1v) is 33.1. The van der Waals surface area contributed by atoms with Gasteiger partial charge in [-0.05, 0) is 65.3 Å². The number of thiophene rings is 2. The molecule has 0 aliphatic carbocycles. The molecule has 2 aliphatic rings. The van der Waals surface area contributed by atoms with E-state index in [1.54, 1.807) is 13.8 Å². The van der Waals surface area contributed by atoms with Crippen molar-refractivity contribution in [1.82, 2.24) is 15.4 Å². The zero-order valence-corrected chi connectivity index (χ0v) is 48.5. The third-order valence-electron chi connectivity index (χ3n) is 11.7. The molecule has 2 aromatic heterocycles. The Morgan fingerprint density at radius 2 is 0.959 bits per heavy atom. The second kappa shape index (κ2) is 33.9. The number of sulfonamides is 1. The van der Waals surface area contributed by atoms with Crippen LogP contribution in [0.25, 0.3) is 0 Å². The summed E-state index contributed by atoms with van der Waals surface area (Å²) in [6.07, 6.45) is 1.05. The molecule has 0 radical (unpaired) electrons. The van der Waals surface area contributed by atoms with Crippen molar-refractivity contribution < 1.29 is 85.8 Å². The number of fused-ring (bicyclic) bond motifs is 2. The van der Waals surface area contributed by atoms with Crippen molar-refractivity contribution in [2.45, 2.75) is 92.8 Å². The van der Waals surface area contributed by atoms with Gasteiger partial charge >= 0.3 is 0 Å². The Hall–Kier alpha value is -1.36. The van der Waals surface area contributed by atoms with Crippen molar-refractivity contribution in [3.63, 3.8) is 0 Å².